The van der Waals surface area contributed by atoms with Crippen molar-refractivity contribution >= 4 is 13.7 Å². The Morgan fingerprint density at radius 3 is 1.34 bits per heavy atom. The van der Waals surface area contributed by atoms with Crippen LogP contribution in [0.4, 0.5) is 0 Å². The molecule has 58 heavy (non-hydrogen) atoms. The van der Waals surface area contributed by atoms with Crippen LogP contribution in [0, 0.1) is 0 Å². The number of rotatable bonds is 46. The molecule has 0 aliphatic carbocycles. The largest absolute Gasteiger partial charge is 0.756 e. The SMILES string of the molecule is CCCCCCCCC/C=C/CCCC[C@@H](O)[C@H](COP(=O)([O-])OCC[N+](C)(C)C)NC(=O)CCCCCCCCCCCCCCCCCCCCCCCCC. The second-order valence-electron chi connectivity index (χ2n) is 18.5. The molecule has 0 aromatic carbocycles. The van der Waals surface area contributed by atoms with Crippen molar-refractivity contribution in [2.45, 2.75) is 257 Å². The molecule has 9 heteroatoms. The second-order valence-corrected chi connectivity index (χ2v) is 19.9. The molecule has 2 N–H and O–H groups in total. The van der Waals surface area contributed by atoms with Gasteiger partial charge in [-0.05, 0) is 38.5 Å². The monoisotopic (exact) mass is 843 g/mol. The van der Waals surface area contributed by atoms with Crippen molar-refractivity contribution in [2.75, 3.05) is 40.9 Å². The van der Waals surface area contributed by atoms with Gasteiger partial charge in [0.2, 0.25) is 5.91 Å². The summed E-state index contributed by atoms with van der Waals surface area (Å²) in [4.78, 5) is 25.4. The number of nitrogens with one attached hydrogen (secondary N) is 1. The first-order chi connectivity index (χ1) is 28.0. The van der Waals surface area contributed by atoms with E-state index in [9.17, 15) is 19.4 Å². The molecule has 0 saturated carbocycles. The molecule has 0 bridgehead atoms. The lowest BCUT2D eigenvalue weighted by Gasteiger charge is -2.30. The minimum Gasteiger partial charge on any atom is -0.756 e. The van der Waals surface area contributed by atoms with Crippen LogP contribution >= 0.6 is 7.82 Å². The Hall–Kier alpha value is -0.760. The fourth-order valence-corrected chi connectivity index (χ4v) is 8.23. The van der Waals surface area contributed by atoms with Gasteiger partial charge in [-0.3, -0.25) is 9.36 Å². The molecule has 1 unspecified atom stereocenters. The van der Waals surface area contributed by atoms with Crippen LogP contribution in [0.2, 0.25) is 0 Å². The van der Waals surface area contributed by atoms with Gasteiger partial charge in [-0.15, -0.1) is 0 Å². The molecule has 0 aliphatic heterocycles. The zero-order valence-electron chi connectivity index (χ0n) is 39.3. The summed E-state index contributed by atoms with van der Waals surface area (Å²) in [7, 11) is 1.30. The fraction of sp³-hybridized carbons (Fsp3) is 0.939. The number of quaternary nitrogens is 1. The molecule has 0 fully saturated rings. The van der Waals surface area contributed by atoms with Crippen molar-refractivity contribution in [3.05, 3.63) is 12.2 Å². The fourth-order valence-electron chi connectivity index (χ4n) is 7.51. The summed E-state index contributed by atoms with van der Waals surface area (Å²) in [5.41, 5.74) is 0. The van der Waals surface area contributed by atoms with Crippen molar-refractivity contribution in [1.82, 2.24) is 5.32 Å². The van der Waals surface area contributed by atoms with Crippen molar-refractivity contribution < 1.29 is 32.9 Å². The lowest BCUT2D eigenvalue weighted by Crippen LogP contribution is -2.46. The molecule has 0 aliphatic rings. The Morgan fingerprint density at radius 2 is 0.948 bits per heavy atom. The maximum Gasteiger partial charge on any atom is 0.268 e. The van der Waals surface area contributed by atoms with Gasteiger partial charge in [0.25, 0.3) is 7.82 Å². The molecule has 0 aromatic heterocycles. The summed E-state index contributed by atoms with van der Waals surface area (Å²) in [6, 6.07) is -0.811. The van der Waals surface area contributed by atoms with Crippen molar-refractivity contribution in [1.29, 1.82) is 0 Å². The zero-order chi connectivity index (χ0) is 42.8. The predicted molar refractivity (Wildman–Crippen MR) is 247 cm³/mol. The van der Waals surface area contributed by atoms with Crippen molar-refractivity contribution in [3.8, 4) is 0 Å². The minimum atomic E-state index is -4.57. The number of phosphoric ester groups is 1. The van der Waals surface area contributed by atoms with Crippen LogP contribution < -0.4 is 10.2 Å². The molecule has 0 spiro atoms. The van der Waals surface area contributed by atoms with E-state index in [1.807, 2.05) is 21.1 Å². The molecular formula is C49H99N2O6P. The topological polar surface area (TPSA) is 108 Å². The van der Waals surface area contributed by atoms with E-state index in [1.54, 1.807) is 0 Å². The third-order valence-corrected chi connectivity index (χ3v) is 12.5. The highest BCUT2D eigenvalue weighted by Crippen LogP contribution is 2.38. The number of hydrogen-bond donors (Lipinski definition) is 2. The maximum absolute atomic E-state index is 12.9. The maximum atomic E-state index is 12.9. The summed E-state index contributed by atoms with van der Waals surface area (Å²) in [6.07, 6.45) is 48.0. The Morgan fingerprint density at radius 1 is 0.586 bits per heavy atom. The van der Waals surface area contributed by atoms with Crippen LogP contribution in [0.1, 0.15) is 245 Å². The average Bonchev–Trinajstić information content (AvgIpc) is 3.17. The third kappa shape index (κ3) is 43.3. The van der Waals surface area contributed by atoms with Crippen LogP contribution in [0.25, 0.3) is 0 Å². The number of aliphatic hydroxyl groups excluding tert-OH is 1. The van der Waals surface area contributed by atoms with Gasteiger partial charge < -0.3 is 28.8 Å². The van der Waals surface area contributed by atoms with E-state index in [2.05, 4.69) is 31.3 Å². The van der Waals surface area contributed by atoms with Gasteiger partial charge in [0.15, 0.2) is 0 Å². The van der Waals surface area contributed by atoms with Gasteiger partial charge in [0, 0.05) is 6.42 Å². The van der Waals surface area contributed by atoms with E-state index in [0.717, 1.165) is 44.9 Å². The van der Waals surface area contributed by atoms with Gasteiger partial charge in [0.05, 0.1) is 39.9 Å². The second kappa shape index (κ2) is 41.6. The van der Waals surface area contributed by atoms with Crippen LogP contribution in [-0.4, -0.2) is 68.5 Å². The van der Waals surface area contributed by atoms with Gasteiger partial charge in [-0.1, -0.05) is 212 Å². The van der Waals surface area contributed by atoms with E-state index in [0.29, 0.717) is 23.9 Å². The number of hydrogen-bond acceptors (Lipinski definition) is 6. The molecule has 0 aromatic rings. The van der Waals surface area contributed by atoms with Crippen LogP contribution in [0.15, 0.2) is 12.2 Å². The van der Waals surface area contributed by atoms with Crippen LogP contribution in [-0.2, 0) is 18.4 Å². The van der Waals surface area contributed by atoms with Crippen molar-refractivity contribution in [3.63, 3.8) is 0 Å². The molecule has 3 atom stereocenters. The van der Waals surface area contributed by atoms with Crippen LogP contribution in [0.5, 0.6) is 0 Å². The standard InChI is InChI=1S/C49H99N2O6P/c1-6-8-10-12-14-16-18-20-21-22-23-24-25-26-27-28-29-31-33-35-37-39-41-43-49(53)50-47(46-57-58(54,55)56-45-44-51(3,4)5)48(52)42-40-38-36-34-32-30-19-17-15-13-11-9-7-2/h32,34,47-48,52H,6-31,33,35-46H2,1-5H3,(H-,50,53,54,55)/b34-32+/t47-,48+/m0/s1. The number of amides is 1. The molecule has 0 saturated heterocycles. The number of nitrogens with zero attached hydrogens (tertiary/aromatic N) is 1. The number of carbonyl (C=O) groups is 1. The number of phosphoric acid groups is 1. The smallest absolute Gasteiger partial charge is 0.268 e. The van der Waals surface area contributed by atoms with E-state index in [4.69, 9.17) is 9.05 Å². The van der Waals surface area contributed by atoms with Gasteiger partial charge >= 0.3 is 0 Å². The average molecular weight is 843 g/mol. The summed E-state index contributed by atoms with van der Waals surface area (Å²) >= 11 is 0. The Bertz CT molecular complexity index is 958. The zero-order valence-corrected chi connectivity index (χ0v) is 40.2. The first kappa shape index (κ1) is 57.2. The number of carbonyl (C=O) groups excluding carboxylic acids is 1. The molecular weight excluding hydrogens is 744 g/mol. The van der Waals surface area contributed by atoms with Gasteiger partial charge in [-0.2, -0.15) is 0 Å². The Kier molecular flexibility index (Phi) is 41.0. The Labute approximate surface area is 361 Å². The summed E-state index contributed by atoms with van der Waals surface area (Å²) < 4.78 is 23.3. The number of aliphatic hydroxyl groups is 1. The summed E-state index contributed by atoms with van der Waals surface area (Å²) in [6.45, 7) is 4.72. The molecule has 0 heterocycles. The van der Waals surface area contributed by atoms with Crippen molar-refractivity contribution in [2.24, 2.45) is 0 Å². The highest BCUT2D eigenvalue weighted by Gasteiger charge is 2.24. The number of unbranched alkanes of at least 4 members (excludes halogenated alkanes) is 31. The molecule has 0 radical (unpaired) electrons. The van der Waals surface area contributed by atoms with Gasteiger partial charge in [0.1, 0.15) is 13.2 Å². The highest BCUT2D eigenvalue weighted by atomic mass is 31.2. The van der Waals surface area contributed by atoms with Crippen LogP contribution in [0.3, 0.4) is 0 Å². The number of likely N-dealkylation sites (N-methyl/N-ethyl adjacent to an activating group) is 1. The summed E-state index contributed by atoms with van der Waals surface area (Å²) in [5.74, 6) is -0.170. The molecule has 1 amide bonds. The van der Waals surface area contributed by atoms with Gasteiger partial charge in [-0.25, -0.2) is 0 Å². The predicted octanol–water partition coefficient (Wildman–Crippen LogP) is 13.7. The quantitative estimate of drug-likeness (QED) is 0.0273. The molecule has 8 nitrogen and oxygen atoms in total. The van der Waals surface area contributed by atoms with E-state index in [1.165, 1.54) is 173 Å². The molecule has 0 rings (SSSR count). The van der Waals surface area contributed by atoms with E-state index in [-0.39, 0.29) is 19.1 Å². The van der Waals surface area contributed by atoms with E-state index < -0.39 is 20.0 Å². The normalized spacial score (nSPS) is 14.3. The number of allylic oxidation sites excluding steroid dienone is 2. The lowest BCUT2D eigenvalue weighted by atomic mass is 10.0. The Balaban J connectivity index is 4.18. The first-order valence-corrected chi connectivity index (χ1v) is 26.5. The minimum absolute atomic E-state index is 0.00979. The molecule has 346 valence electrons. The van der Waals surface area contributed by atoms with E-state index >= 15 is 0 Å². The summed E-state index contributed by atoms with van der Waals surface area (Å²) in [5, 5.41) is 13.9. The highest BCUT2D eigenvalue weighted by molar-refractivity contribution is 7.45. The third-order valence-electron chi connectivity index (χ3n) is 11.5. The lowest BCUT2D eigenvalue weighted by molar-refractivity contribution is -0.870. The first-order valence-electron chi connectivity index (χ1n) is 25.0.